The number of aryl methyl sites for hydroxylation is 1. The van der Waals surface area contributed by atoms with Gasteiger partial charge in [-0.2, -0.15) is 5.10 Å². The van der Waals surface area contributed by atoms with Gasteiger partial charge in [0.05, 0.1) is 0 Å². The molecule has 0 saturated heterocycles. The first-order chi connectivity index (χ1) is 14.5. The van der Waals surface area contributed by atoms with Gasteiger partial charge in [0.1, 0.15) is 0 Å². The van der Waals surface area contributed by atoms with Crippen molar-refractivity contribution in [2.75, 3.05) is 5.32 Å². The summed E-state index contributed by atoms with van der Waals surface area (Å²) in [6.45, 7) is 3.78. The van der Waals surface area contributed by atoms with E-state index >= 15 is 0 Å². The summed E-state index contributed by atoms with van der Waals surface area (Å²) >= 11 is 0. The van der Waals surface area contributed by atoms with Crippen LogP contribution in [-0.4, -0.2) is 27.8 Å². The molecule has 30 heavy (non-hydrogen) atoms. The van der Waals surface area contributed by atoms with Gasteiger partial charge in [-0.05, 0) is 31.0 Å². The van der Waals surface area contributed by atoms with Gasteiger partial charge in [0.15, 0.2) is 11.8 Å². The first kappa shape index (κ1) is 21.0. The van der Waals surface area contributed by atoms with Crippen molar-refractivity contribution >= 4 is 17.6 Å². The molecule has 0 spiro atoms. The van der Waals surface area contributed by atoms with E-state index in [0.717, 1.165) is 11.1 Å². The van der Waals surface area contributed by atoms with Gasteiger partial charge in [-0.3, -0.25) is 9.59 Å². The summed E-state index contributed by atoms with van der Waals surface area (Å²) in [6, 6.07) is 19.6. The first-order valence-corrected chi connectivity index (χ1v) is 9.74. The minimum Gasteiger partial charge on any atom is -0.448 e. The summed E-state index contributed by atoms with van der Waals surface area (Å²) in [7, 11) is 0. The molecule has 2 aromatic carbocycles. The summed E-state index contributed by atoms with van der Waals surface area (Å²) in [5.74, 6) is -1.23. The van der Waals surface area contributed by atoms with Crippen molar-refractivity contribution in [2.45, 2.75) is 32.9 Å². The Balaban J connectivity index is 1.71. The molecule has 1 unspecified atom stereocenters. The number of nitrogens with one attached hydrogen (secondary N) is 1. The Morgan fingerprint density at radius 2 is 1.73 bits per heavy atom. The predicted octanol–water partition coefficient (Wildman–Crippen LogP) is 3.50. The Hall–Kier alpha value is -3.74. The highest BCUT2D eigenvalue weighted by molar-refractivity contribution is 5.99. The van der Waals surface area contributed by atoms with E-state index < -0.39 is 18.0 Å². The van der Waals surface area contributed by atoms with Crippen molar-refractivity contribution in [2.24, 2.45) is 0 Å². The lowest BCUT2D eigenvalue weighted by molar-refractivity contribution is -0.123. The average Bonchev–Trinajstić information content (AvgIpc) is 2.76. The van der Waals surface area contributed by atoms with E-state index in [2.05, 4.69) is 10.4 Å². The molecule has 1 heterocycles. The molecular formula is C23H23N3O4. The number of esters is 1. The summed E-state index contributed by atoms with van der Waals surface area (Å²) in [4.78, 5) is 36.8. The number of ether oxygens (including phenoxy) is 1. The number of hydrogen-bond acceptors (Lipinski definition) is 5. The lowest BCUT2D eigenvalue weighted by Crippen LogP contribution is -2.31. The fraction of sp³-hybridized carbons (Fsp3) is 0.217. The van der Waals surface area contributed by atoms with Crippen molar-refractivity contribution in [1.29, 1.82) is 0 Å². The average molecular weight is 405 g/mol. The molecule has 3 aromatic rings. The molecule has 7 nitrogen and oxygen atoms in total. The van der Waals surface area contributed by atoms with E-state index in [0.29, 0.717) is 18.7 Å². The minimum atomic E-state index is -1.05. The second kappa shape index (κ2) is 9.65. The number of hydrogen-bond donors (Lipinski definition) is 1. The summed E-state index contributed by atoms with van der Waals surface area (Å²) in [5.41, 5.74) is 2.12. The molecule has 1 amide bonds. The molecule has 1 aromatic heterocycles. The molecule has 0 saturated carbocycles. The van der Waals surface area contributed by atoms with Crippen molar-refractivity contribution in [1.82, 2.24) is 9.78 Å². The van der Waals surface area contributed by atoms with Crippen LogP contribution in [0.5, 0.6) is 0 Å². The quantitative estimate of drug-likeness (QED) is 0.608. The van der Waals surface area contributed by atoms with E-state index in [4.69, 9.17) is 4.74 Å². The monoisotopic (exact) mass is 405 g/mol. The molecule has 1 atom stereocenters. The van der Waals surface area contributed by atoms with E-state index in [1.165, 1.54) is 23.7 Å². The Labute approximate surface area is 174 Å². The van der Waals surface area contributed by atoms with Gasteiger partial charge in [-0.15, -0.1) is 0 Å². The highest BCUT2D eigenvalue weighted by Crippen LogP contribution is 2.27. The number of nitrogens with zero attached hydrogens (tertiary/aromatic N) is 2. The molecule has 0 fully saturated rings. The van der Waals surface area contributed by atoms with Crippen LogP contribution in [0, 0.1) is 0 Å². The highest BCUT2D eigenvalue weighted by Gasteiger charge is 2.21. The molecule has 3 rings (SSSR count). The van der Waals surface area contributed by atoms with Crippen LogP contribution in [-0.2, 0) is 16.1 Å². The number of aromatic nitrogens is 2. The number of carbonyl (C=O) groups is 2. The Kier molecular flexibility index (Phi) is 6.75. The van der Waals surface area contributed by atoms with Crippen LogP contribution in [0.3, 0.4) is 0 Å². The van der Waals surface area contributed by atoms with Crippen LogP contribution in [0.4, 0.5) is 5.69 Å². The normalized spacial score (nSPS) is 11.5. The molecule has 0 bridgehead atoms. The van der Waals surface area contributed by atoms with Gasteiger partial charge < -0.3 is 10.1 Å². The smallest absolute Gasteiger partial charge is 0.359 e. The van der Waals surface area contributed by atoms with Crippen molar-refractivity contribution in [3.05, 3.63) is 82.8 Å². The number of benzene rings is 2. The van der Waals surface area contributed by atoms with Crippen LogP contribution < -0.4 is 10.9 Å². The number of amides is 1. The van der Waals surface area contributed by atoms with Crippen LogP contribution in [0.2, 0.25) is 0 Å². The maximum atomic E-state index is 12.6. The fourth-order valence-corrected chi connectivity index (χ4v) is 2.90. The zero-order valence-electron chi connectivity index (χ0n) is 16.9. The second-order valence-corrected chi connectivity index (χ2v) is 6.73. The molecule has 1 N–H and O–H groups in total. The zero-order valence-corrected chi connectivity index (χ0v) is 16.9. The van der Waals surface area contributed by atoms with Crippen LogP contribution >= 0.6 is 0 Å². The number of anilines is 1. The van der Waals surface area contributed by atoms with Gasteiger partial charge in [-0.1, -0.05) is 55.5 Å². The summed E-state index contributed by atoms with van der Waals surface area (Å²) < 4.78 is 6.47. The fourth-order valence-electron chi connectivity index (χ4n) is 2.90. The van der Waals surface area contributed by atoms with E-state index in [-0.39, 0.29) is 11.3 Å². The topological polar surface area (TPSA) is 90.3 Å². The third-order valence-corrected chi connectivity index (χ3v) is 4.43. The second-order valence-electron chi connectivity index (χ2n) is 6.73. The summed E-state index contributed by atoms with van der Waals surface area (Å²) in [5, 5.41) is 6.82. The zero-order chi connectivity index (χ0) is 21.5. The molecule has 0 aliphatic carbocycles. The summed E-state index contributed by atoms with van der Waals surface area (Å²) in [6.07, 6.45) is -0.347. The molecule has 154 valence electrons. The molecule has 0 aliphatic heterocycles. The van der Waals surface area contributed by atoms with Gasteiger partial charge in [0, 0.05) is 23.9 Å². The number of para-hydroxylation sites is 1. The number of carbonyl (C=O) groups excluding carboxylic acids is 2. The van der Waals surface area contributed by atoms with Gasteiger partial charge >= 0.3 is 5.97 Å². The molecule has 0 aliphatic rings. The predicted molar refractivity (Wildman–Crippen MR) is 114 cm³/mol. The molecular weight excluding hydrogens is 382 g/mol. The largest absolute Gasteiger partial charge is 0.448 e. The third-order valence-electron chi connectivity index (χ3n) is 4.43. The maximum absolute atomic E-state index is 12.6. The van der Waals surface area contributed by atoms with E-state index in [1.807, 2.05) is 55.5 Å². The highest BCUT2D eigenvalue weighted by atomic mass is 16.5. The standard InChI is InChI=1S/C23H23N3O4/c1-3-15-26-21(27)14-13-20(25-26)23(29)30-16(2)22(28)24-19-12-8-7-11-18(19)17-9-5-4-6-10-17/h4-14,16H,3,15H2,1-2H3,(H,24,28). The Morgan fingerprint density at radius 1 is 1.03 bits per heavy atom. The van der Waals surface area contributed by atoms with Crippen molar-refractivity contribution < 1.29 is 14.3 Å². The minimum absolute atomic E-state index is 0.0209. The van der Waals surface area contributed by atoms with Gasteiger partial charge in [0.2, 0.25) is 0 Å². The van der Waals surface area contributed by atoms with Crippen molar-refractivity contribution in [3.63, 3.8) is 0 Å². The van der Waals surface area contributed by atoms with Gasteiger partial charge in [0.25, 0.3) is 11.5 Å². The lowest BCUT2D eigenvalue weighted by Gasteiger charge is -2.16. The Bertz CT molecular complexity index is 1090. The van der Waals surface area contributed by atoms with E-state index in [1.54, 1.807) is 6.07 Å². The number of rotatable bonds is 7. The van der Waals surface area contributed by atoms with Crippen LogP contribution in [0.1, 0.15) is 30.8 Å². The lowest BCUT2D eigenvalue weighted by atomic mass is 10.0. The van der Waals surface area contributed by atoms with Crippen molar-refractivity contribution in [3.8, 4) is 11.1 Å². The maximum Gasteiger partial charge on any atom is 0.359 e. The van der Waals surface area contributed by atoms with Gasteiger partial charge in [-0.25, -0.2) is 9.48 Å². The van der Waals surface area contributed by atoms with E-state index in [9.17, 15) is 14.4 Å². The SMILES string of the molecule is CCCn1nc(C(=O)OC(C)C(=O)Nc2ccccc2-c2ccccc2)ccc1=O. The molecule has 7 heteroatoms. The van der Waals surface area contributed by atoms with Crippen LogP contribution in [0.25, 0.3) is 11.1 Å². The third kappa shape index (κ3) is 5.00. The van der Waals surface area contributed by atoms with Crippen LogP contribution in [0.15, 0.2) is 71.5 Å². The first-order valence-electron chi connectivity index (χ1n) is 9.74. The Morgan fingerprint density at radius 3 is 2.47 bits per heavy atom. The molecule has 0 radical (unpaired) electrons.